The molecule has 82 valence electrons. The molecule has 3 nitrogen and oxygen atoms in total. The van der Waals surface area contributed by atoms with Crippen LogP contribution in [0.5, 0.6) is 0 Å². The summed E-state index contributed by atoms with van der Waals surface area (Å²) < 4.78 is 5.10. The van der Waals surface area contributed by atoms with Crippen molar-refractivity contribution in [2.45, 2.75) is 27.2 Å². The first-order valence-electron chi connectivity index (χ1n) is 4.88. The third-order valence-electron chi connectivity index (χ3n) is 2.36. The van der Waals surface area contributed by atoms with Gasteiger partial charge < -0.3 is 4.74 Å². The molecule has 0 aromatic carbocycles. The minimum Gasteiger partial charge on any atom is -0.501 e. The lowest BCUT2D eigenvalue weighted by Crippen LogP contribution is -2.12. The molecule has 0 N–H and O–H groups in total. The Balaban J connectivity index is 3.19. The standard InChI is InChI=1S/C12H16O3/c1-8(13)10-7-12(2,3)6-9(15-4)5-11(10)14/h5,7H,6H2,1-4H3. The average molecular weight is 208 g/mol. The van der Waals surface area contributed by atoms with Gasteiger partial charge in [0.1, 0.15) is 5.76 Å². The van der Waals surface area contributed by atoms with E-state index >= 15 is 0 Å². The van der Waals surface area contributed by atoms with E-state index in [1.807, 2.05) is 13.8 Å². The van der Waals surface area contributed by atoms with E-state index in [1.165, 1.54) is 20.1 Å². The third kappa shape index (κ3) is 2.78. The van der Waals surface area contributed by atoms with Crippen molar-refractivity contribution in [2.75, 3.05) is 7.11 Å². The third-order valence-corrected chi connectivity index (χ3v) is 2.36. The Morgan fingerprint density at radius 3 is 2.53 bits per heavy atom. The summed E-state index contributed by atoms with van der Waals surface area (Å²) in [4.78, 5) is 23.0. The normalized spacial score (nSPS) is 20.1. The molecule has 0 bridgehead atoms. The molecule has 0 aliphatic heterocycles. The molecular formula is C12H16O3. The lowest BCUT2D eigenvalue weighted by molar-refractivity contribution is -0.118. The first kappa shape index (κ1) is 11.7. The molecule has 1 rings (SSSR count). The van der Waals surface area contributed by atoms with Gasteiger partial charge in [-0.1, -0.05) is 19.9 Å². The highest BCUT2D eigenvalue weighted by Crippen LogP contribution is 2.31. The molecule has 0 aromatic heterocycles. The predicted molar refractivity (Wildman–Crippen MR) is 57.3 cm³/mol. The molecule has 0 radical (unpaired) electrons. The van der Waals surface area contributed by atoms with E-state index in [2.05, 4.69) is 0 Å². The molecule has 15 heavy (non-hydrogen) atoms. The van der Waals surface area contributed by atoms with Crippen LogP contribution in [0.15, 0.2) is 23.5 Å². The smallest absolute Gasteiger partial charge is 0.192 e. The van der Waals surface area contributed by atoms with Gasteiger partial charge in [-0.05, 0) is 12.3 Å². The second-order valence-corrected chi connectivity index (χ2v) is 4.46. The number of carbonyl (C=O) groups is 2. The highest BCUT2D eigenvalue weighted by Gasteiger charge is 2.26. The molecule has 0 unspecified atom stereocenters. The van der Waals surface area contributed by atoms with E-state index in [1.54, 1.807) is 6.08 Å². The van der Waals surface area contributed by atoms with Crippen LogP contribution < -0.4 is 0 Å². The highest BCUT2D eigenvalue weighted by atomic mass is 16.5. The van der Waals surface area contributed by atoms with Crippen LogP contribution >= 0.6 is 0 Å². The summed E-state index contributed by atoms with van der Waals surface area (Å²) in [7, 11) is 1.54. The predicted octanol–water partition coefficient (Wildman–Crippen LogP) is 2.03. The number of allylic oxidation sites excluding steroid dienone is 4. The molecule has 0 saturated heterocycles. The fraction of sp³-hybridized carbons (Fsp3) is 0.500. The van der Waals surface area contributed by atoms with Crippen molar-refractivity contribution >= 4 is 11.6 Å². The Kier molecular flexibility index (Phi) is 3.12. The summed E-state index contributed by atoms with van der Waals surface area (Å²) in [5, 5.41) is 0. The van der Waals surface area contributed by atoms with Crippen molar-refractivity contribution in [3.05, 3.63) is 23.5 Å². The van der Waals surface area contributed by atoms with Crippen LogP contribution in [-0.4, -0.2) is 18.7 Å². The Morgan fingerprint density at radius 1 is 1.47 bits per heavy atom. The van der Waals surface area contributed by atoms with Gasteiger partial charge in [-0.2, -0.15) is 0 Å². The maximum atomic E-state index is 11.7. The zero-order valence-corrected chi connectivity index (χ0v) is 9.59. The SMILES string of the molecule is COC1=CC(=O)C(C(C)=O)=CC(C)(C)C1. The summed E-state index contributed by atoms with van der Waals surface area (Å²) in [6.45, 7) is 5.36. The zero-order chi connectivity index (χ0) is 11.6. The summed E-state index contributed by atoms with van der Waals surface area (Å²) in [5.74, 6) is 0.170. The number of methoxy groups -OCH3 is 1. The van der Waals surface area contributed by atoms with Crippen molar-refractivity contribution in [1.29, 1.82) is 0 Å². The van der Waals surface area contributed by atoms with Crippen LogP contribution in [-0.2, 0) is 14.3 Å². The number of hydrogen-bond donors (Lipinski definition) is 0. The number of Topliss-reactive ketones (excluding diaryl/α,β-unsaturated/α-hetero) is 1. The van der Waals surface area contributed by atoms with Gasteiger partial charge in [0.05, 0.1) is 12.7 Å². The molecular weight excluding hydrogens is 192 g/mol. The average Bonchev–Trinajstić information content (AvgIpc) is 2.22. The van der Waals surface area contributed by atoms with E-state index < -0.39 is 0 Å². The first-order valence-corrected chi connectivity index (χ1v) is 4.88. The van der Waals surface area contributed by atoms with Crippen molar-refractivity contribution in [3.63, 3.8) is 0 Å². The molecule has 0 amide bonds. The number of hydrogen-bond acceptors (Lipinski definition) is 3. The fourth-order valence-electron chi connectivity index (χ4n) is 1.64. The van der Waals surface area contributed by atoms with Crippen LogP contribution in [0, 0.1) is 5.41 Å². The number of carbonyl (C=O) groups excluding carboxylic acids is 2. The van der Waals surface area contributed by atoms with Crippen molar-refractivity contribution in [1.82, 2.24) is 0 Å². The summed E-state index contributed by atoms with van der Waals surface area (Å²) in [6, 6.07) is 0. The summed E-state index contributed by atoms with van der Waals surface area (Å²) >= 11 is 0. The molecule has 3 heteroatoms. The highest BCUT2D eigenvalue weighted by molar-refractivity contribution is 6.23. The second-order valence-electron chi connectivity index (χ2n) is 4.46. The van der Waals surface area contributed by atoms with E-state index in [0.29, 0.717) is 12.2 Å². The molecule has 0 fully saturated rings. The molecule has 0 spiro atoms. The first-order chi connectivity index (χ1) is 6.85. The van der Waals surface area contributed by atoms with Crippen LogP contribution in [0.1, 0.15) is 27.2 Å². The quantitative estimate of drug-likeness (QED) is 0.652. The molecule has 1 aliphatic carbocycles. The lowest BCUT2D eigenvalue weighted by Gasteiger charge is -2.19. The van der Waals surface area contributed by atoms with Gasteiger partial charge in [0.2, 0.25) is 0 Å². The van der Waals surface area contributed by atoms with Crippen LogP contribution in [0.4, 0.5) is 0 Å². The number of ether oxygens (including phenoxy) is 1. The molecule has 0 aromatic rings. The van der Waals surface area contributed by atoms with Gasteiger partial charge >= 0.3 is 0 Å². The number of ketones is 2. The molecule has 1 aliphatic rings. The molecule has 0 atom stereocenters. The largest absolute Gasteiger partial charge is 0.501 e. The zero-order valence-electron chi connectivity index (χ0n) is 9.59. The van der Waals surface area contributed by atoms with Crippen LogP contribution in [0.25, 0.3) is 0 Å². The van der Waals surface area contributed by atoms with Crippen LogP contribution in [0.3, 0.4) is 0 Å². The van der Waals surface area contributed by atoms with Gasteiger partial charge in [-0.25, -0.2) is 0 Å². The van der Waals surface area contributed by atoms with Crippen molar-refractivity contribution in [2.24, 2.45) is 5.41 Å². The van der Waals surface area contributed by atoms with Gasteiger partial charge in [0.15, 0.2) is 11.6 Å². The van der Waals surface area contributed by atoms with E-state index in [-0.39, 0.29) is 22.6 Å². The van der Waals surface area contributed by atoms with E-state index in [9.17, 15) is 9.59 Å². The van der Waals surface area contributed by atoms with Gasteiger partial charge in [0.25, 0.3) is 0 Å². The topological polar surface area (TPSA) is 43.4 Å². The number of rotatable bonds is 2. The maximum absolute atomic E-state index is 11.7. The minimum absolute atomic E-state index is 0.193. The Bertz CT molecular complexity index is 359. The van der Waals surface area contributed by atoms with E-state index in [4.69, 9.17) is 4.74 Å². The second kappa shape index (κ2) is 4.01. The van der Waals surface area contributed by atoms with E-state index in [0.717, 1.165) is 0 Å². The summed E-state index contributed by atoms with van der Waals surface area (Å²) in [6.07, 6.45) is 3.77. The fourth-order valence-corrected chi connectivity index (χ4v) is 1.64. The maximum Gasteiger partial charge on any atom is 0.192 e. The Morgan fingerprint density at radius 2 is 2.07 bits per heavy atom. The Hall–Kier alpha value is -1.38. The molecule has 0 heterocycles. The Labute approximate surface area is 89.8 Å². The molecule has 0 saturated carbocycles. The van der Waals surface area contributed by atoms with Gasteiger partial charge in [0, 0.05) is 12.5 Å². The van der Waals surface area contributed by atoms with Gasteiger partial charge in [-0.3, -0.25) is 9.59 Å². The lowest BCUT2D eigenvalue weighted by atomic mass is 9.87. The minimum atomic E-state index is -0.259. The summed E-state index contributed by atoms with van der Waals surface area (Å²) in [5.41, 5.74) is 0.0294. The van der Waals surface area contributed by atoms with Gasteiger partial charge in [-0.15, -0.1) is 0 Å². The van der Waals surface area contributed by atoms with Crippen molar-refractivity contribution < 1.29 is 14.3 Å². The van der Waals surface area contributed by atoms with Crippen LogP contribution in [0.2, 0.25) is 0 Å². The van der Waals surface area contributed by atoms with Crippen molar-refractivity contribution in [3.8, 4) is 0 Å². The monoisotopic (exact) mass is 208 g/mol.